The molecule has 2 aliphatic rings. The first-order valence-electron chi connectivity index (χ1n) is 10.3. The third-order valence-electron chi connectivity index (χ3n) is 6.07. The van der Waals surface area contributed by atoms with Gasteiger partial charge in [-0.15, -0.1) is 0 Å². The van der Waals surface area contributed by atoms with E-state index in [1.165, 1.54) is 4.57 Å². The summed E-state index contributed by atoms with van der Waals surface area (Å²) in [5.74, 6) is -2.85. The van der Waals surface area contributed by atoms with Gasteiger partial charge < -0.3 is 24.3 Å². The lowest BCUT2D eigenvalue weighted by Gasteiger charge is -2.22. The van der Waals surface area contributed by atoms with E-state index < -0.39 is 35.1 Å². The number of pyridine rings is 1. The number of hydrogen-bond donors (Lipinski definition) is 2. The molecule has 1 aromatic carbocycles. The summed E-state index contributed by atoms with van der Waals surface area (Å²) in [4.78, 5) is 24.4. The summed E-state index contributed by atoms with van der Waals surface area (Å²) in [5.41, 5.74) is -0.461. The second kappa shape index (κ2) is 8.45. The molecule has 3 aromatic rings. The first-order valence-corrected chi connectivity index (χ1v) is 10.3. The van der Waals surface area contributed by atoms with Gasteiger partial charge in [0.25, 0.3) is 0 Å². The molecule has 0 amide bonds. The molecule has 1 saturated carbocycles. The lowest BCUT2D eigenvalue weighted by atomic mass is 10.0. The Labute approximate surface area is 193 Å². The molecule has 11 heteroatoms. The minimum absolute atomic E-state index is 0. The molecule has 2 aromatic heterocycles. The Morgan fingerprint density at radius 1 is 1.27 bits per heavy atom. The van der Waals surface area contributed by atoms with Crippen molar-refractivity contribution < 1.29 is 27.8 Å². The van der Waals surface area contributed by atoms with E-state index >= 15 is 4.39 Å². The number of rotatable bonds is 5. The van der Waals surface area contributed by atoms with Crippen molar-refractivity contribution in [3.8, 4) is 16.9 Å². The highest BCUT2D eigenvalue weighted by molar-refractivity contribution is 7.59. The van der Waals surface area contributed by atoms with Gasteiger partial charge in [-0.05, 0) is 31.9 Å². The minimum atomic E-state index is -3.27. The zero-order valence-electron chi connectivity index (χ0n) is 17.6. The zero-order valence-corrected chi connectivity index (χ0v) is 18.6. The van der Waals surface area contributed by atoms with E-state index in [1.54, 1.807) is 12.3 Å². The number of carbonyl (C=O) groups is 1. The third kappa shape index (κ3) is 3.89. The van der Waals surface area contributed by atoms with E-state index in [0.717, 1.165) is 18.0 Å². The lowest BCUT2D eigenvalue weighted by molar-refractivity contribution is -0.0487. The number of carboxylic acid groups (broad SMARTS) is 1. The van der Waals surface area contributed by atoms with Gasteiger partial charge in [0.05, 0.1) is 16.5 Å². The number of alkyl halides is 2. The molecule has 0 unspecified atom stereocenters. The van der Waals surface area contributed by atoms with Crippen LogP contribution in [0.5, 0.6) is 5.75 Å². The highest BCUT2D eigenvalue weighted by atomic mass is 32.1. The van der Waals surface area contributed by atoms with Gasteiger partial charge in [0.15, 0.2) is 5.75 Å². The third-order valence-corrected chi connectivity index (χ3v) is 6.07. The van der Waals surface area contributed by atoms with Gasteiger partial charge in [-0.25, -0.2) is 9.18 Å². The Kier molecular flexibility index (Phi) is 5.95. The maximum absolute atomic E-state index is 15.4. The number of carboxylic acids is 1. The van der Waals surface area contributed by atoms with Crippen molar-refractivity contribution >= 4 is 30.4 Å². The number of halogens is 3. The number of ether oxygens (including phenoxy) is 1. The zero-order chi connectivity index (χ0) is 22.7. The molecule has 0 spiro atoms. The van der Waals surface area contributed by atoms with Crippen molar-refractivity contribution in [3.05, 3.63) is 51.8 Å². The van der Waals surface area contributed by atoms with Gasteiger partial charge >= 0.3 is 12.6 Å². The van der Waals surface area contributed by atoms with Crippen molar-refractivity contribution in [1.29, 1.82) is 0 Å². The Morgan fingerprint density at radius 2 is 2.00 bits per heavy atom. The largest absolute Gasteiger partial charge is 0.477 e. The highest BCUT2D eigenvalue weighted by Gasteiger charge is 2.32. The fourth-order valence-electron chi connectivity index (χ4n) is 4.45. The van der Waals surface area contributed by atoms with E-state index in [0.29, 0.717) is 31.5 Å². The maximum Gasteiger partial charge on any atom is 0.387 e. The van der Waals surface area contributed by atoms with Crippen LogP contribution in [0.2, 0.25) is 0 Å². The summed E-state index contributed by atoms with van der Waals surface area (Å²) in [7, 11) is 0. The van der Waals surface area contributed by atoms with Crippen LogP contribution in [0.15, 0.2) is 29.3 Å². The molecule has 0 saturated heterocycles. The van der Waals surface area contributed by atoms with Crippen LogP contribution < -0.4 is 15.5 Å². The van der Waals surface area contributed by atoms with Crippen LogP contribution in [-0.4, -0.2) is 33.4 Å². The average molecular weight is 481 g/mol. The Balaban J connectivity index is 0.00000259. The summed E-state index contributed by atoms with van der Waals surface area (Å²) >= 11 is 0. The summed E-state index contributed by atoms with van der Waals surface area (Å²) in [6, 6.07) is 2.45. The van der Waals surface area contributed by atoms with Crippen LogP contribution in [0.3, 0.4) is 0 Å². The monoisotopic (exact) mass is 481 g/mol. The second-order valence-electron chi connectivity index (χ2n) is 8.18. The molecule has 7 nitrogen and oxygen atoms in total. The van der Waals surface area contributed by atoms with Gasteiger partial charge in [0.2, 0.25) is 5.43 Å². The fourth-order valence-corrected chi connectivity index (χ4v) is 4.45. The van der Waals surface area contributed by atoms with Gasteiger partial charge in [-0.2, -0.15) is 22.3 Å². The second-order valence-corrected chi connectivity index (χ2v) is 8.18. The first kappa shape index (κ1) is 23.2. The summed E-state index contributed by atoms with van der Waals surface area (Å²) < 4.78 is 50.6. The molecule has 1 atom stereocenters. The summed E-state index contributed by atoms with van der Waals surface area (Å²) in [6.45, 7) is 0.0234. The quantitative estimate of drug-likeness (QED) is 0.575. The van der Waals surface area contributed by atoms with Crippen LogP contribution >= 0.6 is 13.5 Å². The molecule has 1 fully saturated rings. The predicted octanol–water partition coefficient (Wildman–Crippen LogP) is 4.02. The van der Waals surface area contributed by atoms with Crippen LogP contribution in [0.4, 0.5) is 13.2 Å². The fraction of sp³-hybridized carbons (Fsp3) is 0.364. The molecule has 5 rings (SSSR count). The number of nitrogens with one attached hydrogen (secondary N) is 1. The first-order chi connectivity index (χ1) is 15.3. The lowest BCUT2D eigenvalue weighted by Crippen LogP contribution is -2.30. The van der Waals surface area contributed by atoms with Crippen molar-refractivity contribution in [2.45, 2.75) is 45.0 Å². The normalized spacial score (nSPS) is 17.7. The van der Waals surface area contributed by atoms with Crippen LogP contribution in [0.1, 0.15) is 47.9 Å². The van der Waals surface area contributed by atoms with Crippen molar-refractivity contribution in [1.82, 2.24) is 14.5 Å². The SMILES string of the molecule is C[C@@H]1NCCn2cc(-c3c(F)cc4c(=O)c(C(=O)O)cn(C5CC5)c4c3OC(F)F)cc21.S. The molecule has 1 aliphatic carbocycles. The molecular weight excluding hydrogens is 459 g/mol. The molecule has 33 heavy (non-hydrogen) atoms. The van der Waals surface area contributed by atoms with E-state index in [4.69, 9.17) is 4.74 Å². The van der Waals surface area contributed by atoms with E-state index in [2.05, 4.69) is 5.32 Å². The molecular formula is C22H22F3N3O4S. The van der Waals surface area contributed by atoms with E-state index in [1.807, 2.05) is 11.5 Å². The number of benzene rings is 1. The smallest absolute Gasteiger partial charge is 0.387 e. The van der Waals surface area contributed by atoms with Crippen molar-refractivity contribution in [2.24, 2.45) is 0 Å². The molecule has 2 N–H and O–H groups in total. The molecule has 0 bridgehead atoms. The number of fused-ring (bicyclic) bond motifs is 2. The van der Waals surface area contributed by atoms with Gasteiger partial charge in [-0.3, -0.25) is 4.79 Å². The van der Waals surface area contributed by atoms with Crippen LogP contribution in [0, 0.1) is 5.82 Å². The van der Waals surface area contributed by atoms with Gasteiger partial charge in [0.1, 0.15) is 11.4 Å². The van der Waals surface area contributed by atoms with Crippen molar-refractivity contribution in [2.75, 3.05) is 6.54 Å². The Hall–Kier alpha value is -2.92. The Morgan fingerprint density at radius 3 is 2.61 bits per heavy atom. The Bertz CT molecular complexity index is 1320. The number of aromatic nitrogens is 2. The number of hydrogen-bond acceptors (Lipinski definition) is 4. The highest BCUT2D eigenvalue weighted by Crippen LogP contribution is 2.45. The van der Waals surface area contributed by atoms with E-state index in [-0.39, 0.29) is 42.0 Å². The minimum Gasteiger partial charge on any atom is -0.477 e. The molecule has 3 heterocycles. The van der Waals surface area contributed by atoms with Crippen LogP contribution in [0.25, 0.3) is 22.0 Å². The van der Waals surface area contributed by atoms with Gasteiger partial charge in [0, 0.05) is 48.8 Å². The number of nitrogens with zero attached hydrogens (tertiary/aromatic N) is 2. The standard InChI is InChI=1S/C22H20F3N3O4.H2S/c1-10-16-6-11(8-27(16)5-4-26-10)17-15(23)7-13-18(20(17)32-22(24)25)28(12-2-3-12)9-14(19(13)29)21(30)31;/h6-10,12,22,26H,2-5H2,1H3,(H,30,31);1H2/t10-;/m0./s1. The predicted molar refractivity (Wildman–Crippen MR) is 120 cm³/mol. The summed E-state index contributed by atoms with van der Waals surface area (Å²) in [5, 5.41) is 12.4. The molecule has 1 aliphatic heterocycles. The summed E-state index contributed by atoms with van der Waals surface area (Å²) in [6.07, 6.45) is 4.19. The van der Waals surface area contributed by atoms with Crippen LogP contribution in [-0.2, 0) is 6.54 Å². The average Bonchev–Trinajstić information content (AvgIpc) is 3.47. The number of aromatic carboxylic acids is 1. The van der Waals surface area contributed by atoms with Gasteiger partial charge in [-0.1, -0.05) is 0 Å². The molecule has 0 radical (unpaired) electrons. The maximum atomic E-state index is 15.4. The van der Waals surface area contributed by atoms with E-state index in [9.17, 15) is 23.5 Å². The molecule has 176 valence electrons. The van der Waals surface area contributed by atoms with Crippen molar-refractivity contribution in [3.63, 3.8) is 0 Å². The topological polar surface area (TPSA) is 85.5 Å².